The maximum absolute atomic E-state index is 12.8. The maximum Gasteiger partial charge on any atom is 0.348 e. The van der Waals surface area contributed by atoms with Crippen LogP contribution in [0.4, 0.5) is 5.69 Å². The first kappa shape index (κ1) is 19.6. The summed E-state index contributed by atoms with van der Waals surface area (Å²) in [7, 11) is -2.67. The number of aromatic amines is 1. The molecule has 2 N–H and O–H groups in total. The van der Waals surface area contributed by atoms with Gasteiger partial charge in [-0.3, -0.25) is 9.71 Å². The van der Waals surface area contributed by atoms with Gasteiger partial charge in [0.2, 0.25) is 0 Å². The van der Waals surface area contributed by atoms with Crippen LogP contribution in [0.5, 0.6) is 0 Å². The van der Waals surface area contributed by atoms with Crippen molar-refractivity contribution in [3.05, 3.63) is 58.0 Å². The Labute approximate surface area is 178 Å². The minimum atomic E-state index is -3.91. The van der Waals surface area contributed by atoms with E-state index in [0.717, 1.165) is 11.3 Å². The van der Waals surface area contributed by atoms with Crippen molar-refractivity contribution in [1.29, 1.82) is 0 Å². The van der Waals surface area contributed by atoms with Gasteiger partial charge in [0.15, 0.2) is 10.0 Å². The molecule has 11 heteroatoms. The number of aromatic nitrogens is 3. The van der Waals surface area contributed by atoms with Gasteiger partial charge in [0.1, 0.15) is 10.6 Å². The van der Waals surface area contributed by atoms with Crippen molar-refractivity contribution in [2.24, 2.45) is 0 Å². The minimum Gasteiger partial charge on any atom is -0.465 e. The molecule has 1 aromatic carbocycles. The van der Waals surface area contributed by atoms with Crippen molar-refractivity contribution in [3.8, 4) is 11.5 Å². The van der Waals surface area contributed by atoms with E-state index in [1.807, 2.05) is 18.2 Å². The third-order valence-electron chi connectivity index (χ3n) is 3.93. The fraction of sp³-hybridized carbons (Fsp3) is 0.0556. The Hall–Kier alpha value is -2.76. The third-order valence-corrected chi connectivity index (χ3v) is 8.11. The molecule has 4 rings (SSSR count). The molecular formula is C18H13BrN4O4S2. The first-order chi connectivity index (χ1) is 13.9. The normalized spacial score (nSPS) is 11.5. The van der Waals surface area contributed by atoms with Crippen LogP contribution in [0.1, 0.15) is 9.67 Å². The van der Waals surface area contributed by atoms with E-state index >= 15 is 0 Å². The van der Waals surface area contributed by atoms with Crippen molar-refractivity contribution >= 4 is 60.0 Å². The van der Waals surface area contributed by atoms with Gasteiger partial charge in [0.25, 0.3) is 10.0 Å². The molecule has 8 nitrogen and oxygen atoms in total. The summed E-state index contributed by atoms with van der Waals surface area (Å²) < 4.78 is 33.0. The number of benzene rings is 1. The number of fused-ring (bicyclic) bond motifs is 1. The lowest BCUT2D eigenvalue weighted by molar-refractivity contribution is 0.0606. The van der Waals surface area contributed by atoms with Gasteiger partial charge >= 0.3 is 5.97 Å². The van der Waals surface area contributed by atoms with Crippen LogP contribution in [0, 0.1) is 0 Å². The predicted octanol–water partition coefficient (Wildman–Crippen LogP) is 4.04. The minimum absolute atomic E-state index is 0.0169. The first-order valence-corrected chi connectivity index (χ1v) is 11.3. The Morgan fingerprint density at radius 2 is 2.07 bits per heavy atom. The number of ether oxygens (including phenoxy) is 1. The van der Waals surface area contributed by atoms with Crippen molar-refractivity contribution in [1.82, 2.24) is 15.0 Å². The number of hydrogen-bond acceptors (Lipinski definition) is 7. The Balaban J connectivity index is 1.65. The third kappa shape index (κ3) is 3.88. The lowest BCUT2D eigenvalue weighted by Crippen LogP contribution is -2.11. The lowest BCUT2D eigenvalue weighted by Gasteiger charge is -2.06. The molecular weight excluding hydrogens is 480 g/mol. The average Bonchev–Trinajstić information content (AvgIpc) is 3.31. The predicted molar refractivity (Wildman–Crippen MR) is 113 cm³/mol. The summed E-state index contributed by atoms with van der Waals surface area (Å²) in [6.07, 6.45) is 1.67. The zero-order valence-electron chi connectivity index (χ0n) is 14.8. The largest absolute Gasteiger partial charge is 0.465 e. The van der Waals surface area contributed by atoms with Crippen LogP contribution >= 0.6 is 27.3 Å². The van der Waals surface area contributed by atoms with E-state index in [9.17, 15) is 13.2 Å². The molecule has 0 amide bonds. The highest BCUT2D eigenvalue weighted by Crippen LogP contribution is 2.33. The van der Waals surface area contributed by atoms with Crippen LogP contribution < -0.4 is 4.72 Å². The smallest absolute Gasteiger partial charge is 0.348 e. The van der Waals surface area contributed by atoms with Gasteiger partial charge < -0.3 is 9.72 Å². The van der Waals surface area contributed by atoms with Crippen LogP contribution in [0.15, 0.2) is 57.3 Å². The molecule has 29 heavy (non-hydrogen) atoms. The number of methoxy groups -OCH3 is 1. The van der Waals surface area contributed by atoms with Crippen LogP contribution in [-0.2, 0) is 14.8 Å². The molecule has 0 bridgehead atoms. The molecule has 0 atom stereocenters. The van der Waals surface area contributed by atoms with E-state index in [1.54, 1.807) is 24.4 Å². The Bertz CT molecular complexity index is 1320. The van der Waals surface area contributed by atoms with Gasteiger partial charge in [-0.25, -0.2) is 18.2 Å². The number of carbonyl (C=O) groups excluding carboxylic acids is 1. The lowest BCUT2D eigenvalue weighted by atomic mass is 10.3. The second-order valence-electron chi connectivity index (χ2n) is 5.88. The van der Waals surface area contributed by atoms with E-state index in [-0.39, 0.29) is 13.6 Å². The SMILES string of the molecule is COC(=O)c1cc(Br)c(S(=O)(=O)Nc2ccc3nc(-c4ccccn4)[nH]c3c2)s1. The summed E-state index contributed by atoms with van der Waals surface area (Å²) >= 11 is 4.02. The fourth-order valence-electron chi connectivity index (χ4n) is 2.64. The van der Waals surface area contributed by atoms with Crippen LogP contribution in [0.2, 0.25) is 0 Å². The molecule has 0 unspecified atom stereocenters. The van der Waals surface area contributed by atoms with Crippen molar-refractivity contribution in [2.45, 2.75) is 4.21 Å². The van der Waals surface area contributed by atoms with Crippen LogP contribution in [0.25, 0.3) is 22.6 Å². The number of hydrogen-bond donors (Lipinski definition) is 2. The van der Waals surface area contributed by atoms with Crippen molar-refractivity contribution < 1.29 is 17.9 Å². The van der Waals surface area contributed by atoms with Gasteiger partial charge in [-0.15, -0.1) is 11.3 Å². The molecule has 0 fully saturated rings. The number of esters is 1. The zero-order chi connectivity index (χ0) is 20.6. The molecule has 0 aliphatic carbocycles. The molecule has 3 heterocycles. The van der Waals surface area contributed by atoms with E-state index < -0.39 is 16.0 Å². The van der Waals surface area contributed by atoms with Crippen LogP contribution in [-0.4, -0.2) is 36.4 Å². The molecule has 0 aliphatic heterocycles. The number of rotatable bonds is 5. The Morgan fingerprint density at radius 3 is 2.79 bits per heavy atom. The van der Waals surface area contributed by atoms with Gasteiger partial charge in [-0.1, -0.05) is 6.07 Å². The summed E-state index contributed by atoms with van der Waals surface area (Å²) in [5, 5.41) is 0. The van der Waals surface area contributed by atoms with Gasteiger partial charge in [-0.2, -0.15) is 0 Å². The second kappa shape index (κ2) is 7.58. The van der Waals surface area contributed by atoms with Gasteiger partial charge in [0, 0.05) is 10.7 Å². The maximum atomic E-state index is 12.8. The van der Waals surface area contributed by atoms with Crippen molar-refractivity contribution in [2.75, 3.05) is 11.8 Å². The molecule has 4 aromatic rings. The summed E-state index contributed by atoms with van der Waals surface area (Å²) in [5.41, 5.74) is 2.38. The highest BCUT2D eigenvalue weighted by Gasteiger charge is 2.24. The van der Waals surface area contributed by atoms with E-state index in [2.05, 4.69) is 40.3 Å². The Morgan fingerprint density at radius 1 is 1.24 bits per heavy atom. The highest BCUT2D eigenvalue weighted by molar-refractivity contribution is 9.10. The number of imidazole rings is 1. The van der Waals surface area contributed by atoms with Crippen LogP contribution in [0.3, 0.4) is 0 Å². The number of anilines is 1. The first-order valence-electron chi connectivity index (χ1n) is 8.19. The molecule has 0 aliphatic rings. The van der Waals surface area contributed by atoms with E-state index in [1.165, 1.54) is 13.2 Å². The summed E-state index contributed by atoms with van der Waals surface area (Å²) in [5.74, 6) is -0.0117. The quantitative estimate of drug-likeness (QED) is 0.406. The Kier molecular flexibility index (Phi) is 5.11. The molecule has 0 saturated heterocycles. The molecule has 0 saturated carbocycles. The number of sulfonamides is 1. The second-order valence-corrected chi connectivity index (χ2v) is 9.66. The van der Waals surface area contributed by atoms with Gasteiger partial charge in [-0.05, 0) is 52.3 Å². The number of halogens is 1. The summed E-state index contributed by atoms with van der Waals surface area (Å²) in [4.78, 5) is 23.7. The molecule has 3 aromatic heterocycles. The van der Waals surface area contributed by atoms with E-state index in [4.69, 9.17) is 0 Å². The standard InChI is InChI=1S/C18H13BrN4O4S2/c1-27-17(24)15-9-11(19)18(28-15)29(25,26)23-10-5-6-12-14(8-10)22-16(21-12)13-4-2-3-7-20-13/h2-9,23H,1H3,(H,21,22). The highest BCUT2D eigenvalue weighted by atomic mass is 79.9. The summed E-state index contributed by atoms with van der Waals surface area (Å²) in [6.45, 7) is 0. The number of nitrogens with one attached hydrogen (secondary N) is 2. The zero-order valence-corrected chi connectivity index (χ0v) is 18.1. The average molecular weight is 493 g/mol. The topological polar surface area (TPSA) is 114 Å². The molecule has 0 radical (unpaired) electrons. The van der Waals surface area contributed by atoms with Gasteiger partial charge in [0.05, 0.1) is 23.8 Å². The number of carbonyl (C=O) groups is 1. The van der Waals surface area contributed by atoms with Crippen molar-refractivity contribution in [3.63, 3.8) is 0 Å². The number of pyridine rings is 1. The molecule has 0 spiro atoms. The number of nitrogens with zero attached hydrogens (tertiary/aromatic N) is 2. The molecule has 148 valence electrons. The number of H-pyrrole nitrogens is 1. The fourth-order valence-corrected chi connectivity index (χ4v) is 6.28. The summed E-state index contributed by atoms with van der Waals surface area (Å²) in [6, 6.07) is 11.9. The monoisotopic (exact) mass is 492 g/mol. The number of thiophene rings is 1. The van der Waals surface area contributed by atoms with E-state index in [0.29, 0.717) is 28.2 Å².